The quantitative estimate of drug-likeness (QED) is 0.908. The summed E-state index contributed by atoms with van der Waals surface area (Å²) in [6.07, 6.45) is 3.32. The van der Waals surface area contributed by atoms with E-state index in [0.717, 1.165) is 37.2 Å². The maximum Gasteiger partial charge on any atom is 0.255 e. The molecule has 22 heavy (non-hydrogen) atoms. The number of amides is 1. The van der Waals surface area contributed by atoms with Crippen LogP contribution < -0.4 is 15.4 Å². The van der Waals surface area contributed by atoms with Crippen molar-refractivity contribution in [1.82, 2.24) is 0 Å². The van der Waals surface area contributed by atoms with Crippen molar-refractivity contribution in [3.8, 4) is 5.75 Å². The van der Waals surface area contributed by atoms with E-state index in [4.69, 9.17) is 4.74 Å². The third-order valence-electron chi connectivity index (χ3n) is 3.90. The van der Waals surface area contributed by atoms with Crippen molar-refractivity contribution in [2.45, 2.75) is 19.3 Å². The molecule has 4 heteroatoms. The maximum atomic E-state index is 12.3. The molecule has 0 aromatic heterocycles. The standard InChI is InChI=1S/C18H20N2O2/c1-22-17-12-15-14(9-5-6-10-19-15)11-16(17)20-18(21)13-7-3-2-4-8-13/h2-4,7-8,11-12,19H,5-6,9-10H2,1H3,(H,20,21). The summed E-state index contributed by atoms with van der Waals surface area (Å²) in [5, 5.41) is 6.38. The molecule has 1 aliphatic heterocycles. The second-order valence-electron chi connectivity index (χ2n) is 5.41. The molecule has 1 amide bonds. The Balaban J connectivity index is 1.89. The van der Waals surface area contributed by atoms with E-state index in [1.807, 2.05) is 30.3 Å². The minimum Gasteiger partial charge on any atom is -0.494 e. The monoisotopic (exact) mass is 296 g/mol. The van der Waals surface area contributed by atoms with Crippen LogP contribution >= 0.6 is 0 Å². The number of benzene rings is 2. The molecule has 2 N–H and O–H groups in total. The van der Waals surface area contributed by atoms with Crippen molar-refractivity contribution in [3.63, 3.8) is 0 Å². The first-order valence-electron chi connectivity index (χ1n) is 7.59. The van der Waals surface area contributed by atoms with Crippen molar-refractivity contribution < 1.29 is 9.53 Å². The van der Waals surface area contributed by atoms with Gasteiger partial charge in [0.1, 0.15) is 5.75 Å². The van der Waals surface area contributed by atoms with Gasteiger partial charge in [0.25, 0.3) is 5.91 Å². The highest BCUT2D eigenvalue weighted by Gasteiger charge is 2.15. The highest BCUT2D eigenvalue weighted by molar-refractivity contribution is 6.05. The number of hydrogen-bond acceptors (Lipinski definition) is 3. The van der Waals surface area contributed by atoms with E-state index in [2.05, 4.69) is 10.6 Å². The Bertz CT molecular complexity index is 668. The first-order valence-corrected chi connectivity index (χ1v) is 7.59. The van der Waals surface area contributed by atoms with Gasteiger partial charge in [-0.15, -0.1) is 0 Å². The lowest BCUT2D eigenvalue weighted by Crippen LogP contribution is -2.13. The van der Waals surface area contributed by atoms with Crippen molar-refractivity contribution >= 4 is 17.3 Å². The van der Waals surface area contributed by atoms with E-state index in [0.29, 0.717) is 11.3 Å². The normalized spacial score (nSPS) is 13.5. The summed E-state index contributed by atoms with van der Waals surface area (Å²) < 4.78 is 5.43. The fraction of sp³-hybridized carbons (Fsp3) is 0.278. The Hall–Kier alpha value is -2.49. The van der Waals surface area contributed by atoms with Gasteiger partial charge in [-0.3, -0.25) is 4.79 Å². The van der Waals surface area contributed by atoms with Crippen LogP contribution in [0, 0.1) is 0 Å². The Labute approximate surface area is 130 Å². The number of aryl methyl sites for hydroxylation is 1. The molecule has 0 spiro atoms. The summed E-state index contributed by atoms with van der Waals surface area (Å²) in [5.41, 5.74) is 3.69. The molecule has 0 bridgehead atoms. The highest BCUT2D eigenvalue weighted by Crippen LogP contribution is 2.34. The smallest absolute Gasteiger partial charge is 0.255 e. The fourth-order valence-electron chi connectivity index (χ4n) is 2.71. The number of methoxy groups -OCH3 is 1. The lowest BCUT2D eigenvalue weighted by molar-refractivity contribution is 0.102. The van der Waals surface area contributed by atoms with Crippen LogP contribution in [0.5, 0.6) is 5.75 Å². The van der Waals surface area contributed by atoms with Crippen LogP contribution in [0.1, 0.15) is 28.8 Å². The van der Waals surface area contributed by atoms with Gasteiger partial charge in [0.15, 0.2) is 0 Å². The first kappa shape index (κ1) is 14.4. The molecule has 0 unspecified atom stereocenters. The third kappa shape index (κ3) is 3.06. The lowest BCUT2D eigenvalue weighted by Gasteiger charge is -2.15. The topological polar surface area (TPSA) is 50.4 Å². The molecule has 0 radical (unpaired) electrons. The molecule has 0 aliphatic carbocycles. The van der Waals surface area contributed by atoms with Gasteiger partial charge >= 0.3 is 0 Å². The molecule has 3 rings (SSSR count). The van der Waals surface area contributed by atoms with Crippen LogP contribution in [0.4, 0.5) is 11.4 Å². The summed E-state index contributed by atoms with van der Waals surface area (Å²) >= 11 is 0. The minimum absolute atomic E-state index is 0.125. The molecular formula is C18H20N2O2. The van der Waals surface area contributed by atoms with Gasteiger partial charge in [-0.05, 0) is 43.0 Å². The third-order valence-corrected chi connectivity index (χ3v) is 3.90. The molecule has 1 heterocycles. The van der Waals surface area contributed by atoms with E-state index < -0.39 is 0 Å². The van der Waals surface area contributed by atoms with Crippen LogP contribution in [0.2, 0.25) is 0 Å². The Morgan fingerprint density at radius 3 is 2.77 bits per heavy atom. The number of ether oxygens (including phenoxy) is 1. The summed E-state index contributed by atoms with van der Waals surface area (Å²) in [6, 6.07) is 13.2. The summed E-state index contributed by atoms with van der Waals surface area (Å²) in [6.45, 7) is 0.978. The van der Waals surface area contributed by atoms with Crippen LogP contribution in [-0.2, 0) is 6.42 Å². The van der Waals surface area contributed by atoms with Gasteiger partial charge in [-0.1, -0.05) is 18.2 Å². The molecule has 0 atom stereocenters. The van der Waals surface area contributed by atoms with Crippen LogP contribution in [0.15, 0.2) is 42.5 Å². The molecular weight excluding hydrogens is 276 g/mol. The second kappa shape index (κ2) is 6.52. The van der Waals surface area contributed by atoms with E-state index in [-0.39, 0.29) is 5.91 Å². The molecule has 0 fully saturated rings. The summed E-state index contributed by atoms with van der Waals surface area (Å²) in [4.78, 5) is 12.3. The highest BCUT2D eigenvalue weighted by atomic mass is 16.5. The number of anilines is 2. The van der Waals surface area contributed by atoms with Gasteiger partial charge in [-0.25, -0.2) is 0 Å². The van der Waals surface area contributed by atoms with E-state index in [9.17, 15) is 4.79 Å². The van der Waals surface area contributed by atoms with Gasteiger partial charge in [0.2, 0.25) is 0 Å². The van der Waals surface area contributed by atoms with Gasteiger partial charge < -0.3 is 15.4 Å². The Morgan fingerprint density at radius 2 is 2.00 bits per heavy atom. The van der Waals surface area contributed by atoms with Gasteiger partial charge in [-0.2, -0.15) is 0 Å². The van der Waals surface area contributed by atoms with Crippen molar-refractivity contribution in [2.75, 3.05) is 24.3 Å². The lowest BCUT2D eigenvalue weighted by atomic mass is 10.1. The van der Waals surface area contributed by atoms with E-state index in [1.54, 1.807) is 19.2 Å². The second-order valence-corrected chi connectivity index (χ2v) is 5.41. The van der Waals surface area contributed by atoms with E-state index >= 15 is 0 Å². The fourth-order valence-corrected chi connectivity index (χ4v) is 2.71. The van der Waals surface area contributed by atoms with Crippen LogP contribution in [0.25, 0.3) is 0 Å². The van der Waals surface area contributed by atoms with Crippen LogP contribution in [-0.4, -0.2) is 19.6 Å². The minimum atomic E-state index is -0.125. The number of nitrogens with one attached hydrogen (secondary N) is 2. The average molecular weight is 296 g/mol. The predicted octanol–water partition coefficient (Wildman–Crippen LogP) is 3.70. The molecule has 4 nitrogen and oxygen atoms in total. The number of hydrogen-bond donors (Lipinski definition) is 2. The van der Waals surface area contributed by atoms with E-state index in [1.165, 1.54) is 5.56 Å². The zero-order valence-corrected chi connectivity index (χ0v) is 12.7. The van der Waals surface area contributed by atoms with Gasteiger partial charge in [0.05, 0.1) is 12.8 Å². The average Bonchev–Trinajstić information content (AvgIpc) is 2.79. The number of carbonyl (C=O) groups excluding carboxylic acids is 1. The van der Waals surface area contributed by atoms with Crippen LogP contribution in [0.3, 0.4) is 0 Å². The maximum absolute atomic E-state index is 12.3. The largest absolute Gasteiger partial charge is 0.494 e. The predicted molar refractivity (Wildman–Crippen MR) is 88.8 cm³/mol. The molecule has 0 saturated carbocycles. The molecule has 1 aliphatic rings. The molecule has 114 valence electrons. The summed E-state index contributed by atoms with van der Waals surface area (Å²) in [5.74, 6) is 0.554. The Kier molecular flexibility index (Phi) is 4.28. The van der Waals surface area contributed by atoms with Crippen molar-refractivity contribution in [3.05, 3.63) is 53.6 Å². The number of rotatable bonds is 3. The summed E-state index contributed by atoms with van der Waals surface area (Å²) in [7, 11) is 1.62. The van der Waals surface area contributed by atoms with Crippen molar-refractivity contribution in [2.24, 2.45) is 0 Å². The zero-order valence-electron chi connectivity index (χ0n) is 12.7. The van der Waals surface area contributed by atoms with Crippen molar-refractivity contribution in [1.29, 1.82) is 0 Å². The SMILES string of the molecule is COc1cc2c(cc1NC(=O)c1ccccc1)CCCCN2. The van der Waals surface area contributed by atoms with Gasteiger partial charge in [0, 0.05) is 23.9 Å². The number of fused-ring (bicyclic) bond motifs is 1. The first-order chi connectivity index (χ1) is 10.8. The number of carbonyl (C=O) groups is 1. The Morgan fingerprint density at radius 1 is 1.18 bits per heavy atom. The zero-order chi connectivity index (χ0) is 15.4. The molecule has 0 saturated heterocycles. The molecule has 2 aromatic carbocycles. The molecule has 2 aromatic rings.